The minimum absolute atomic E-state index is 0. The van der Waals surface area contributed by atoms with Crippen LogP contribution in [-0.2, 0) is 13.1 Å². The molecule has 2 rings (SSSR count). The molecule has 120 valence electrons. The molecule has 0 atom stereocenters. The van der Waals surface area contributed by atoms with Gasteiger partial charge in [0.25, 0.3) is 0 Å². The molecule has 1 aromatic heterocycles. The number of benzene rings is 1. The monoisotopic (exact) mass is 434 g/mol. The van der Waals surface area contributed by atoms with Gasteiger partial charge in [-0.2, -0.15) is 0 Å². The van der Waals surface area contributed by atoms with E-state index in [1.807, 2.05) is 38.1 Å². The van der Waals surface area contributed by atoms with Crippen LogP contribution in [0.3, 0.4) is 0 Å². The van der Waals surface area contributed by atoms with Crippen LogP contribution in [-0.4, -0.2) is 18.0 Å². The predicted molar refractivity (Wildman–Crippen MR) is 99.9 cm³/mol. The van der Waals surface area contributed by atoms with Crippen LogP contribution in [0.2, 0.25) is 5.02 Å². The maximum absolute atomic E-state index is 6.12. The standard InChI is InChI=1S/C15H19ClN4O.HI/c1-10-11(2)21-14(20-10)9-19-15(17-3)18-8-12-6-4-5-7-13(12)16;/h4-7H,8-9H2,1-3H3,(H2,17,18,19);1H. The van der Waals surface area contributed by atoms with Crippen LogP contribution in [0.4, 0.5) is 0 Å². The van der Waals surface area contributed by atoms with E-state index in [1.165, 1.54) is 0 Å². The van der Waals surface area contributed by atoms with Gasteiger partial charge in [-0.05, 0) is 25.5 Å². The molecule has 0 radical (unpaired) electrons. The van der Waals surface area contributed by atoms with E-state index in [9.17, 15) is 0 Å². The van der Waals surface area contributed by atoms with Crippen molar-refractivity contribution in [3.63, 3.8) is 0 Å². The molecule has 5 nitrogen and oxygen atoms in total. The summed E-state index contributed by atoms with van der Waals surface area (Å²) in [6.07, 6.45) is 0. The van der Waals surface area contributed by atoms with Gasteiger partial charge in [-0.3, -0.25) is 4.99 Å². The fraction of sp³-hybridized carbons (Fsp3) is 0.333. The minimum atomic E-state index is 0. The van der Waals surface area contributed by atoms with Crippen LogP contribution in [0.5, 0.6) is 0 Å². The van der Waals surface area contributed by atoms with Gasteiger partial charge in [-0.1, -0.05) is 29.8 Å². The van der Waals surface area contributed by atoms with Crippen molar-refractivity contribution >= 4 is 41.5 Å². The SMILES string of the molecule is CN=C(NCc1nc(C)c(C)o1)NCc1ccccc1Cl.I. The quantitative estimate of drug-likeness (QED) is 0.440. The summed E-state index contributed by atoms with van der Waals surface area (Å²) < 4.78 is 5.51. The molecule has 0 aliphatic carbocycles. The van der Waals surface area contributed by atoms with Gasteiger partial charge in [-0.25, -0.2) is 4.98 Å². The molecule has 0 fully saturated rings. The molecule has 1 heterocycles. The number of oxazole rings is 1. The van der Waals surface area contributed by atoms with Gasteiger partial charge in [0, 0.05) is 18.6 Å². The highest BCUT2D eigenvalue weighted by molar-refractivity contribution is 14.0. The van der Waals surface area contributed by atoms with Crippen LogP contribution >= 0.6 is 35.6 Å². The lowest BCUT2D eigenvalue weighted by atomic mass is 10.2. The van der Waals surface area contributed by atoms with E-state index in [0.29, 0.717) is 24.9 Å². The van der Waals surface area contributed by atoms with Gasteiger partial charge < -0.3 is 15.1 Å². The first-order valence-corrected chi connectivity index (χ1v) is 7.08. The molecule has 0 unspecified atom stereocenters. The number of halogens is 2. The molecule has 0 aliphatic heterocycles. The summed E-state index contributed by atoms with van der Waals surface area (Å²) in [4.78, 5) is 8.47. The van der Waals surface area contributed by atoms with Crippen molar-refractivity contribution in [3.8, 4) is 0 Å². The van der Waals surface area contributed by atoms with Crippen molar-refractivity contribution in [1.29, 1.82) is 0 Å². The molecule has 2 N–H and O–H groups in total. The zero-order valence-corrected chi connectivity index (χ0v) is 15.9. The summed E-state index contributed by atoms with van der Waals surface area (Å²) in [5.41, 5.74) is 1.93. The van der Waals surface area contributed by atoms with Crippen molar-refractivity contribution in [2.24, 2.45) is 4.99 Å². The Bertz CT molecular complexity index is 623. The number of guanidine groups is 1. The molecule has 0 saturated heterocycles. The van der Waals surface area contributed by atoms with Crippen LogP contribution < -0.4 is 10.6 Å². The van der Waals surface area contributed by atoms with Crippen molar-refractivity contribution in [1.82, 2.24) is 15.6 Å². The first-order chi connectivity index (χ1) is 10.1. The highest BCUT2D eigenvalue weighted by atomic mass is 127. The number of hydrogen-bond acceptors (Lipinski definition) is 3. The molecule has 2 aromatic rings. The Morgan fingerprint density at radius 2 is 1.91 bits per heavy atom. The normalized spacial score (nSPS) is 11.0. The molecule has 7 heteroatoms. The average molecular weight is 435 g/mol. The third-order valence-electron chi connectivity index (χ3n) is 3.11. The summed E-state index contributed by atoms with van der Waals surface area (Å²) >= 11 is 6.12. The van der Waals surface area contributed by atoms with E-state index in [1.54, 1.807) is 7.05 Å². The second-order valence-electron chi connectivity index (χ2n) is 4.62. The van der Waals surface area contributed by atoms with Crippen LogP contribution in [0, 0.1) is 13.8 Å². The van der Waals surface area contributed by atoms with Gasteiger partial charge in [0.2, 0.25) is 5.89 Å². The van der Waals surface area contributed by atoms with Crippen molar-refractivity contribution < 1.29 is 4.42 Å². The lowest BCUT2D eigenvalue weighted by Crippen LogP contribution is -2.36. The third-order valence-corrected chi connectivity index (χ3v) is 3.48. The second-order valence-corrected chi connectivity index (χ2v) is 5.03. The first kappa shape index (κ1) is 18.8. The minimum Gasteiger partial charge on any atom is -0.444 e. The van der Waals surface area contributed by atoms with E-state index in [2.05, 4.69) is 20.6 Å². The van der Waals surface area contributed by atoms with Gasteiger partial charge in [0.15, 0.2) is 5.96 Å². The topological polar surface area (TPSA) is 62.5 Å². The fourth-order valence-corrected chi connectivity index (χ4v) is 2.02. The Labute approximate surface area is 152 Å². The zero-order chi connectivity index (χ0) is 15.2. The summed E-state index contributed by atoms with van der Waals surface area (Å²) in [5, 5.41) is 7.09. The lowest BCUT2D eigenvalue weighted by molar-refractivity contribution is 0.463. The molecule has 0 amide bonds. The molecular formula is C15H20ClIN4O. The van der Waals surface area contributed by atoms with Crippen molar-refractivity contribution in [2.75, 3.05) is 7.05 Å². The largest absolute Gasteiger partial charge is 0.444 e. The average Bonchev–Trinajstić information content (AvgIpc) is 2.79. The maximum Gasteiger partial charge on any atom is 0.214 e. The Kier molecular flexibility index (Phi) is 7.67. The smallest absolute Gasteiger partial charge is 0.214 e. The predicted octanol–water partition coefficient (Wildman–Crippen LogP) is 3.43. The summed E-state index contributed by atoms with van der Waals surface area (Å²) in [7, 11) is 1.72. The number of nitrogens with zero attached hydrogens (tertiary/aromatic N) is 2. The van der Waals surface area contributed by atoms with Gasteiger partial charge in [0.05, 0.1) is 12.2 Å². The Morgan fingerprint density at radius 1 is 1.23 bits per heavy atom. The number of rotatable bonds is 4. The van der Waals surface area contributed by atoms with E-state index < -0.39 is 0 Å². The number of nitrogens with one attached hydrogen (secondary N) is 2. The van der Waals surface area contributed by atoms with Crippen molar-refractivity contribution in [3.05, 3.63) is 52.2 Å². The molecule has 1 aromatic carbocycles. The van der Waals surface area contributed by atoms with Gasteiger partial charge >= 0.3 is 0 Å². The maximum atomic E-state index is 6.12. The molecule has 0 saturated carbocycles. The number of aromatic nitrogens is 1. The Hall–Kier alpha value is -1.28. The van der Waals surface area contributed by atoms with E-state index >= 15 is 0 Å². The third kappa shape index (κ3) is 5.17. The Morgan fingerprint density at radius 3 is 2.50 bits per heavy atom. The molecule has 0 bridgehead atoms. The Balaban J connectivity index is 0.00000242. The molecular weight excluding hydrogens is 415 g/mol. The lowest BCUT2D eigenvalue weighted by Gasteiger charge is -2.11. The van der Waals surface area contributed by atoms with Gasteiger partial charge in [-0.15, -0.1) is 24.0 Å². The van der Waals surface area contributed by atoms with Crippen LogP contribution in [0.25, 0.3) is 0 Å². The molecule has 0 spiro atoms. The first-order valence-electron chi connectivity index (χ1n) is 6.71. The number of aryl methyl sites for hydroxylation is 2. The van der Waals surface area contributed by atoms with E-state index in [-0.39, 0.29) is 24.0 Å². The van der Waals surface area contributed by atoms with Gasteiger partial charge in [0.1, 0.15) is 5.76 Å². The van der Waals surface area contributed by atoms with Crippen molar-refractivity contribution in [2.45, 2.75) is 26.9 Å². The van der Waals surface area contributed by atoms with E-state index in [4.69, 9.17) is 16.0 Å². The molecule has 22 heavy (non-hydrogen) atoms. The highest BCUT2D eigenvalue weighted by Gasteiger charge is 2.06. The summed E-state index contributed by atoms with van der Waals surface area (Å²) in [6, 6.07) is 7.71. The number of aliphatic imine (C=N–C) groups is 1. The molecule has 0 aliphatic rings. The van der Waals surface area contributed by atoms with Crippen LogP contribution in [0.15, 0.2) is 33.7 Å². The zero-order valence-electron chi connectivity index (χ0n) is 12.8. The fourth-order valence-electron chi connectivity index (χ4n) is 1.82. The summed E-state index contributed by atoms with van der Waals surface area (Å²) in [5.74, 6) is 2.15. The highest BCUT2D eigenvalue weighted by Crippen LogP contribution is 2.14. The number of hydrogen-bond donors (Lipinski definition) is 2. The second kappa shape index (κ2) is 8.99. The van der Waals surface area contributed by atoms with E-state index in [0.717, 1.165) is 22.0 Å². The summed E-state index contributed by atoms with van der Waals surface area (Å²) in [6.45, 7) is 4.91. The van der Waals surface area contributed by atoms with Crippen LogP contribution in [0.1, 0.15) is 22.9 Å².